The number of hydrogen-bond acceptors (Lipinski definition) is 2. The van der Waals surface area contributed by atoms with Crippen LogP contribution in [-0.2, 0) is 4.79 Å². The molecular weight excluding hydrogens is 212 g/mol. The van der Waals surface area contributed by atoms with Crippen molar-refractivity contribution in [1.29, 1.82) is 0 Å². The fourth-order valence-corrected chi connectivity index (χ4v) is 2.30. The molecule has 0 spiro atoms. The Morgan fingerprint density at radius 1 is 1.35 bits per heavy atom. The van der Waals surface area contributed by atoms with Crippen LogP contribution in [0.15, 0.2) is 18.2 Å². The van der Waals surface area contributed by atoms with Gasteiger partial charge in [0.05, 0.1) is 0 Å². The van der Waals surface area contributed by atoms with Crippen LogP contribution < -0.4 is 10.6 Å². The lowest BCUT2D eigenvalue weighted by Crippen LogP contribution is -2.22. The molecule has 0 saturated heterocycles. The third kappa shape index (κ3) is 3.77. The van der Waals surface area contributed by atoms with Gasteiger partial charge in [0, 0.05) is 30.4 Å². The minimum Gasteiger partial charge on any atom is -0.382 e. The maximum atomic E-state index is 11.0. The first-order valence-electron chi connectivity index (χ1n) is 6.30. The maximum Gasteiger partial charge on any atom is 0.221 e. The molecule has 2 rings (SSSR count). The topological polar surface area (TPSA) is 41.1 Å². The van der Waals surface area contributed by atoms with Crippen LogP contribution in [0.4, 0.5) is 11.4 Å². The van der Waals surface area contributed by atoms with E-state index in [2.05, 4.69) is 16.7 Å². The van der Waals surface area contributed by atoms with Crippen LogP contribution in [0.5, 0.6) is 0 Å². The SMILES string of the molecule is CC(=O)Nc1cc[c]c(NC2CCCCC2)c1. The van der Waals surface area contributed by atoms with E-state index < -0.39 is 0 Å². The van der Waals surface area contributed by atoms with Crippen molar-refractivity contribution in [2.75, 3.05) is 10.6 Å². The molecule has 1 saturated carbocycles. The van der Waals surface area contributed by atoms with Crippen LogP contribution in [0.1, 0.15) is 39.0 Å². The Labute approximate surface area is 103 Å². The molecule has 3 heteroatoms. The Morgan fingerprint density at radius 2 is 2.12 bits per heavy atom. The van der Waals surface area contributed by atoms with Gasteiger partial charge in [-0.2, -0.15) is 0 Å². The normalized spacial score (nSPS) is 16.5. The summed E-state index contributed by atoms with van der Waals surface area (Å²) in [6, 6.07) is 9.37. The van der Waals surface area contributed by atoms with Crippen LogP contribution in [-0.4, -0.2) is 11.9 Å². The van der Waals surface area contributed by atoms with Crippen molar-refractivity contribution in [2.45, 2.75) is 45.1 Å². The number of rotatable bonds is 3. The van der Waals surface area contributed by atoms with E-state index in [-0.39, 0.29) is 5.91 Å². The van der Waals surface area contributed by atoms with Gasteiger partial charge in [-0.3, -0.25) is 4.79 Å². The molecule has 1 fully saturated rings. The van der Waals surface area contributed by atoms with Gasteiger partial charge in [0.15, 0.2) is 0 Å². The van der Waals surface area contributed by atoms with Crippen LogP contribution in [0.2, 0.25) is 0 Å². The molecule has 2 N–H and O–H groups in total. The van der Waals surface area contributed by atoms with Crippen molar-refractivity contribution in [1.82, 2.24) is 0 Å². The molecule has 1 aliphatic carbocycles. The van der Waals surface area contributed by atoms with Gasteiger partial charge in [0.1, 0.15) is 0 Å². The van der Waals surface area contributed by atoms with Crippen molar-refractivity contribution in [3.8, 4) is 0 Å². The summed E-state index contributed by atoms with van der Waals surface area (Å²) in [5.41, 5.74) is 1.80. The minimum absolute atomic E-state index is 0.0418. The predicted molar refractivity (Wildman–Crippen MR) is 70.1 cm³/mol. The number of carbonyl (C=O) groups excluding carboxylic acids is 1. The van der Waals surface area contributed by atoms with E-state index in [0.29, 0.717) is 6.04 Å². The lowest BCUT2D eigenvalue weighted by molar-refractivity contribution is -0.114. The summed E-state index contributed by atoms with van der Waals surface area (Å²) in [6.07, 6.45) is 6.44. The smallest absolute Gasteiger partial charge is 0.221 e. The summed E-state index contributed by atoms with van der Waals surface area (Å²) in [4.78, 5) is 11.0. The molecule has 91 valence electrons. The number of benzene rings is 1. The van der Waals surface area contributed by atoms with Crippen molar-refractivity contribution in [2.24, 2.45) is 0 Å². The zero-order valence-electron chi connectivity index (χ0n) is 10.3. The molecule has 3 nitrogen and oxygen atoms in total. The van der Waals surface area contributed by atoms with E-state index in [9.17, 15) is 4.79 Å². The molecular formula is C14H19N2O. The Balaban J connectivity index is 1.97. The first-order valence-corrected chi connectivity index (χ1v) is 6.30. The number of carbonyl (C=O) groups is 1. The highest BCUT2D eigenvalue weighted by molar-refractivity contribution is 5.89. The van der Waals surface area contributed by atoms with Gasteiger partial charge in [-0.15, -0.1) is 0 Å². The highest BCUT2D eigenvalue weighted by Crippen LogP contribution is 2.22. The van der Waals surface area contributed by atoms with Crippen molar-refractivity contribution in [3.63, 3.8) is 0 Å². The van der Waals surface area contributed by atoms with Gasteiger partial charge in [-0.25, -0.2) is 0 Å². The molecule has 0 aromatic heterocycles. The Kier molecular flexibility index (Phi) is 4.02. The Bertz CT molecular complexity index is 384. The third-order valence-electron chi connectivity index (χ3n) is 3.09. The molecule has 0 unspecified atom stereocenters. The summed E-state index contributed by atoms with van der Waals surface area (Å²) in [5, 5.41) is 6.27. The summed E-state index contributed by atoms with van der Waals surface area (Å²) < 4.78 is 0. The predicted octanol–water partition coefficient (Wildman–Crippen LogP) is 3.19. The first kappa shape index (κ1) is 12.0. The molecule has 1 aliphatic rings. The highest BCUT2D eigenvalue weighted by atomic mass is 16.1. The standard InChI is InChI=1S/C14H19N2O/c1-11(17)15-13-8-5-9-14(10-13)16-12-6-3-2-4-7-12/h5,8,10,12,16H,2-4,6-7H2,1H3,(H,15,17). The second-order valence-corrected chi connectivity index (χ2v) is 4.65. The van der Waals surface area contributed by atoms with Crippen molar-refractivity contribution >= 4 is 17.3 Å². The maximum absolute atomic E-state index is 11.0. The molecule has 1 aromatic carbocycles. The van der Waals surface area contributed by atoms with Crippen LogP contribution in [0, 0.1) is 6.07 Å². The molecule has 0 aliphatic heterocycles. The van der Waals surface area contributed by atoms with Gasteiger partial charge in [0.25, 0.3) is 0 Å². The average molecular weight is 231 g/mol. The molecule has 1 radical (unpaired) electrons. The van der Waals surface area contributed by atoms with Gasteiger partial charge in [-0.05, 0) is 25.0 Å². The minimum atomic E-state index is -0.0418. The molecule has 17 heavy (non-hydrogen) atoms. The number of hydrogen-bond donors (Lipinski definition) is 2. The molecule has 1 amide bonds. The van der Waals surface area contributed by atoms with Crippen LogP contribution in [0.3, 0.4) is 0 Å². The summed E-state index contributed by atoms with van der Waals surface area (Å²) in [6.45, 7) is 1.52. The van der Waals surface area contributed by atoms with E-state index in [1.54, 1.807) is 0 Å². The second kappa shape index (κ2) is 5.71. The van der Waals surface area contributed by atoms with E-state index in [1.165, 1.54) is 39.0 Å². The van der Waals surface area contributed by atoms with Crippen LogP contribution in [0.25, 0.3) is 0 Å². The van der Waals surface area contributed by atoms with Crippen molar-refractivity contribution in [3.05, 3.63) is 24.3 Å². The second-order valence-electron chi connectivity index (χ2n) is 4.65. The number of amides is 1. The summed E-state index contributed by atoms with van der Waals surface area (Å²) >= 11 is 0. The highest BCUT2D eigenvalue weighted by Gasteiger charge is 2.12. The molecule has 0 heterocycles. The lowest BCUT2D eigenvalue weighted by atomic mass is 9.95. The van der Waals surface area contributed by atoms with Gasteiger partial charge < -0.3 is 10.6 Å². The molecule has 0 bridgehead atoms. The Morgan fingerprint density at radius 3 is 2.82 bits per heavy atom. The van der Waals surface area contributed by atoms with E-state index in [1.807, 2.05) is 18.2 Å². The van der Waals surface area contributed by atoms with E-state index in [0.717, 1.165) is 11.4 Å². The lowest BCUT2D eigenvalue weighted by Gasteiger charge is -2.23. The third-order valence-corrected chi connectivity index (χ3v) is 3.09. The fraction of sp³-hybridized carbons (Fsp3) is 0.500. The number of nitrogens with one attached hydrogen (secondary N) is 2. The molecule has 1 aromatic rings. The van der Waals surface area contributed by atoms with Gasteiger partial charge in [0.2, 0.25) is 5.91 Å². The average Bonchev–Trinajstić information content (AvgIpc) is 2.30. The van der Waals surface area contributed by atoms with Crippen molar-refractivity contribution < 1.29 is 4.79 Å². The Hall–Kier alpha value is -1.51. The quantitative estimate of drug-likeness (QED) is 0.838. The van der Waals surface area contributed by atoms with E-state index in [4.69, 9.17) is 0 Å². The van der Waals surface area contributed by atoms with Gasteiger partial charge >= 0.3 is 0 Å². The summed E-state index contributed by atoms with van der Waals surface area (Å²) in [5.74, 6) is -0.0418. The molecule has 0 atom stereocenters. The van der Waals surface area contributed by atoms with Crippen LogP contribution >= 0.6 is 0 Å². The zero-order chi connectivity index (χ0) is 12.1. The van der Waals surface area contributed by atoms with Gasteiger partial charge in [-0.1, -0.05) is 25.3 Å². The largest absolute Gasteiger partial charge is 0.382 e. The first-order chi connectivity index (χ1) is 8.24. The zero-order valence-corrected chi connectivity index (χ0v) is 10.3. The fourth-order valence-electron chi connectivity index (χ4n) is 2.30. The summed E-state index contributed by atoms with van der Waals surface area (Å²) in [7, 11) is 0. The number of anilines is 2. The van der Waals surface area contributed by atoms with E-state index >= 15 is 0 Å². The monoisotopic (exact) mass is 231 g/mol.